The Morgan fingerprint density at radius 3 is 1.93 bits per heavy atom. The van der Waals surface area contributed by atoms with Gasteiger partial charge < -0.3 is 16.2 Å². The van der Waals surface area contributed by atoms with E-state index in [-0.39, 0.29) is 11.7 Å². The SMILES string of the molecule is N=C(N)c1c(N)nc(-c2ccccc2)nc1-c1ccc(Oc2ccccc2)cc1. The first-order chi connectivity index (χ1) is 14.1. The highest BCUT2D eigenvalue weighted by Crippen LogP contribution is 2.30. The molecule has 0 saturated heterocycles. The number of para-hydroxylation sites is 1. The lowest BCUT2D eigenvalue weighted by molar-refractivity contribution is 0.483. The number of hydrogen-bond acceptors (Lipinski definition) is 5. The number of anilines is 1. The minimum Gasteiger partial charge on any atom is -0.457 e. The number of ether oxygens (including phenoxy) is 1. The molecule has 6 heteroatoms. The molecule has 0 bridgehead atoms. The smallest absolute Gasteiger partial charge is 0.162 e. The molecule has 0 atom stereocenters. The number of nitrogens with zero attached hydrogens (tertiary/aromatic N) is 2. The highest BCUT2D eigenvalue weighted by Gasteiger charge is 2.17. The lowest BCUT2D eigenvalue weighted by Gasteiger charge is -2.13. The van der Waals surface area contributed by atoms with Crippen molar-refractivity contribution in [2.45, 2.75) is 0 Å². The van der Waals surface area contributed by atoms with Crippen LogP contribution in [0.3, 0.4) is 0 Å². The highest BCUT2D eigenvalue weighted by molar-refractivity contribution is 6.04. The second-order valence-corrected chi connectivity index (χ2v) is 6.38. The molecule has 0 amide bonds. The van der Waals surface area contributed by atoms with Crippen LogP contribution in [0.1, 0.15) is 5.56 Å². The molecule has 1 heterocycles. The molecule has 0 fully saturated rings. The summed E-state index contributed by atoms with van der Waals surface area (Å²) in [7, 11) is 0. The number of hydrogen-bond donors (Lipinski definition) is 3. The summed E-state index contributed by atoms with van der Waals surface area (Å²) >= 11 is 0. The summed E-state index contributed by atoms with van der Waals surface area (Å²) in [5.74, 6) is 1.91. The first-order valence-electron chi connectivity index (χ1n) is 9.02. The third kappa shape index (κ3) is 3.91. The van der Waals surface area contributed by atoms with Crippen LogP contribution in [0.25, 0.3) is 22.6 Å². The minimum atomic E-state index is -0.179. The van der Waals surface area contributed by atoms with E-state index in [1.807, 2.05) is 84.9 Å². The zero-order valence-electron chi connectivity index (χ0n) is 15.5. The Kier molecular flexibility index (Phi) is 4.90. The van der Waals surface area contributed by atoms with Gasteiger partial charge in [0, 0.05) is 11.1 Å². The van der Waals surface area contributed by atoms with E-state index in [2.05, 4.69) is 9.97 Å². The van der Waals surface area contributed by atoms with E-state index >= 15 is 0 Å². The van der Waals surface area contributed by atoms with E-state index in [4.69, 9.17) is 21.6 Å². The molecule has 0 unspecified atom stereocenters. The summed E-state index contributed by atoms with van der Waals surface area (Å²) < 4.78 is 5.84. The van der Waals surface area contributed by atoms with Gasteiger partial charge in [-0.2, -0.15) is 0 Å². The predicted molar refractivity (Wildman–Crippen MR) is 115 cm³/mol. The first kappa shape index (κ1) is 18.2. The summed E-state index contributed by atoms with van der Waals surface area (Å²) in [5.41, 5.74) is 14.3. The van der Waals surface area contributed by atoms with Gasteiger partial charge in [-0.05, 0) is 36.4 Å². The van der Waals surface area contributed by atoms with E-state index in [0.717, 1.165) is 16.9 Å². The van der Waals surface area contributed by atoms with Crippen LogP contribution in [0.4, 0.5) is 5.82 Å². The third-order valence-electron chi connectivity index (χ3n) is 4.34. The first-order valence-corrected chi connectivity index (χ1v) is 9.02. The van der Waals surface area contributed by atoms with E-state index in [0.29, 0.717) is 22.8 Å². The van der Waals surface area contributed by atoms with Crippen molar-refractivity contribution in [3.63, 3.8) is 0 Å². The van der Waals surface area contributed by atoms with Crippen LogP contribution in [0.15, 0.2) is 84.9 Å². The molecule has 0 aliphatic carbocycles. The average molecular weight is 381 g/mol. The monoisotopic (exact) mass is 381 g/mol. The molecule has 1 aromatic heterocycles. The number of aromatic nitrogens is 2. The number of amidine groups is 1. The van der Waals surface area contributed by atoms with Crippen molar-refractivity contribution in [2.24, 2.45) is 5.73 Å². The van der Waals surface area contributed by atoms with Crippen LogP contribution >= 0.6 is 0 Å². The van der Waals surface area contributed by atoms with Crippen LogP contribution in [-0.4, -0.2) is 15.8 Å². The highest BCUT2D eigenvalue weighted by atomic mass is 16.5. The number of rotatable bonds is 5. The summed E-state index contributed by atoms with van der Waals surface area (Å²) in [6, 6.07) is 26.5. The topological polar surface area (TPSA) is 111 Å². The quantitative estimate of drug-likeness (QED) is 0.349. The Hall–Kier alpha value is -4.19. The molecule has 0 spiro atoms. The van der Waals surface area contributed by atoms with E-state index in [9.17, 15) is 0 Å². The van der Waals surface area contributed by atoms with E-state index in [1.165, 1.54) is 0 Å². The van der Waals surface area contributed by atoms with Crippen LogP contribution < -0.4 is 16.2 Å². The van der Waals surface area contributed by atoms with Crippen molar-refractivity contribution in [1.82, 2.24) is 9.97 Å². The molecule has 4 aromatic rings. The Morgan fingerprint density at radius 1 is 0.724 bits per heavy atom. The van der Waals surface area contributed by atoms with Gasteiger partial charge in [-0.25, -0.2) is 9.97 Å². The molecule has 29 heavy (non-hydrogen) atoms. The molecular weight excluding hydrogens is 362 g/mol. The van der Waals surface area contributed by atoms with Gasteiger partial charge in [0.15, 0.2) is 5.82 Å². The third-order valence-corrected chi connectivity index (χ3v) is 4.34. The minimum absolute atomic E-state index is 0.172. The summed E-state index contributed by atoms with van der Waals surface area (Å²) in [6.45, 7) is 0. The molecular formula is C23H19N5O. The Balaban J connectivity index is 1.75. The van der Waals surface area contributed by atoms with Gasteiger partial charge in [-0.1, -0.05) is 48.5 Å². The van der Waals surface area contributed by atoms with Gasteiger partial charge in [0.2, 0.25) is 0 Å². The van der Waals surface area contributed by atoms with Crippen molar-refractivity contribution >= 4 is 11.7 Å². The molecule has 0 saturated carbocycles. The van der Waals surface area contributed by atoms with E-state index in [1.54, 1.807) is 0 Å². The average Bonchev–Trinajstić information content (AvgIpc) is 2.75. The predicted octanol–water partition coefficient (Wildman–Crippen LogP) is 4.47. The number of nitrogens with two attached hydrogens (primary N) is 2. The molecule has 5 N–H and O–H groups in total. The normalized spacial score (nSPS) is 10.5. The van der Waals surface area contributed by atoms with Crippen LogP contribution in [0, 0.1) is 5.41 Å². The van der Waals surface area contributed by atoms with Gasteiger partial charge >= 0.3 is 0 Å². The molecule has 142 valence electrons. The molecule has 4 rings (SSSR count). The summed E-state index contributed by atoms with van der Waals surface area (Å²) in [5, 5.41) is 7.93. The van der Waals surface area contributed by atoms with Crippen molar-refractivity contribution in [3.05, 3.63) is 90.5 Å². The molecule has 3 aromatic carbocycles. The fraction of sp³-hybridized carbons (Fsp3) is 0. The van der Waals surface area contributed by atoms with Crippen molar-refractivity contribution in [3.8, 4) is 34.1 Å². The zero-order valence-corrected chi connectivity index (χ0v) is 15.5. The fourth-order valence-corrected chi connectivity index (χ4v) is 2.97. The van der Waals surface area contributed by atoms with E-state index < -0.39 is 0 Å². The largest absolute Gasteiger partial charge is 0.457 e. The maximum atomic E-state index is 7.93. The fourth-order valence-electron chi connectivity index (χ4n) is 2.97. The lowest BCUT2D eigenvalue weighted by atomic mass is 10.0. The van der Waals surface area contributed by atoms with Gasteiger partial charge in [-0.15, -0.1) is 0 Å². The van der Waals surface area contributed by atoms with Gasteiger partial charge in [0.05, 0.1) is 11.3 Å². The summed E-state index contributed by atoms with van der Waals surface area (Å²) in [4.78, 5) is 9.00. The van der Waals surface area contributed by atoms with Gasteiger partial charge in [-0.3, -0.25) is 5.41 Å². The molecule has 0 aliphatic rings. The molecule has 6 nitrogen and oxygen atoms in total. The maximum absolute atomic E-state index is 7.93. The van der Waals surface area contributed by atoms with Crippen molar-refractivity contribution < 1.29 is 4.74 Å². The van der Waals surface area contributed by atoms with Crippen molar-refractivity contribution in [1.29, 1.82) is 5.41 Å². The second-order valence-electron chi connectivity index (χ2n) is 6.38. The molecule has 0 radical (unpaired) electrons. The zero-order chi connectivity index (χ0) is 20.2. The van der Waals surface area contributed by atoms with Crippen LogP contribution in [-0.2, 0) is 0 Å². The Labute approximate surface area is 168 Å². The number of nitrogen functional groups attached to an aromatic ring is 2. The summed E-state index contributed by atoms with van der Waals surface area (Å²) in [6.07, 6.45) is 0. The van der Waals surface area contributed by atoms with Crippen LogP contribution in [0.5, 0.6) is 11.5 Å². The Morgan fingerprint density at radius 2 is 1.31 bits per heavy atom. The Bertz CT molecular complexity index is 1140. The second kappa shape index (κ2) is 7.82. The lowest BCUT2D eigenvalue weighted by Crippen LogP contribution is -2.17. The number of benzene rings is 3. The maximum Gasteiger partial charge on any atom is 0.162 e. The van der Waals surface area contributed by atoms with Crippen LogP contribution in [0.2, 0.25) is 0 Å². The number of nitrogens with one attached hydrogen (secondary N) is 1. The standard InChI is InChI=1S/C23H19N5O/c24-21(25)19-20(27-23(28-22(19)26)16-7-3-1-4-8-16)15-11-13-18(14-12-15)29-17-9-5-2-6-10-17/h1-14H,(H3,24,25)(H2,26,27,28). The molecule has 0 aliphatic heterocycles. The van der Waals surface area contributed by atoms with Gasteiger partial charge in [0.25, 0.3) is 0 Å². The van der Waals surface area contributed by atoms with Gasteiger partial charge in [0.1, 0.15) is 23.2 Å². The van der Waals surface area contributed by atoms with Crippen molar-refractivity contribution in [2.75, 3.05) is 5.73 Å².